The first kappa shape index (κ1) is 10.9. The van der Waals surface area contributed by atoms with E-state index in [0.29, 0.717) is 0 Å². The number of allylic oxidation sites excluding steroid dienone is 2. The smallest absolute Gasteiger partial charge is 0.212 e. The van der Waals surface area contributed by atoms with Crippen molar-refractivity contribution in [2.45, 2.75) is 19.3 Å². The second-order valence-corrected chi connectivity index (χ2v) is 5.05. The van der Waals surface area contributed by atoms with Gasteiger partial charge in [-0.2, -0.15) is 4.39 Å². The van der Waals surface area contributed by atoms with Crippen LogP contribution < -0.4 is 5.32 Å². The third-order valence-electron chi connectivity index (χ3n) is 4.01. The lowest BCUT2D eigenvalue weighted by Gasteiger charge is -2.35. The highest BCUT2D eigenvalue weighted by Crippen LogP contribution is 2.37. The van der Waals surface area contributed by atoms with Gasteiger partial charge in [-0.15, -0.1) is 0 Å². The van der Waals surface area contributed by atoms with Crippen molar-refractivity contribution in [3.63, 3.8) is 0 Å². The number of hydrogen-bond acceptors (Lipinski definition) is 2. The highest BCUT2D eigenvalue weighted by molar-refractivity contribution is 5.65. The van der Waals surface area contributed by atoms with E-state index in [0.717, 1.165) is 36.9 Å². The minimum Gasteiger partial charge on any atom is -0.316 e. The van der Waals surface area contributed by atoms with E-state index in [4.69, 9.17) is 0 Å². The molecule has 0 saturated carbocycles. The number of halogens is 1. The van der Waals surface area contributed by atoms with Crippen molar-refractivity contribution in [2.75, 3.05) is 13.1 Å². The molecule has 0 spiro atoms. The molecule has 2 aliphatic rings. The molecule has 90 valence electrons. The Kier molecular flexibility index (Phi) is 2.93. The van der Waals surface area contributed by atoms with E-state index in [9.17, 15) is 4.39 Å². The number of fused-ring (bicyclic) bond motifs is 1. The first-order valence-corrected chi connectivity index (χ1v) is 6.34. The summed E-state index contributed by atoms with van der Waals surface area (Å²) in [6.45, 7) is 2.28. The van der Waals surface area contributed by atoms with Crippen LogP contribution in [0.25, 0.3) is 5.57 Å². The van der Waals surface area contributed by atoms with E-state index >= 15 is 0 Å². The fourth-order valence-electron chi connectivity index (χ4n) is 2.99. The third kappa shape index (κ3) is 2.25. The molecule has 1 fully saturated rings. The van der Waals surface area contributed by atoms with Crippen LogP contribution in [0.5, 0.6) is 0 Å². The van der Waals surface area contributed by atoms with Gasteiger partial charge in [0.05, 0.1) is 0 Å². The predicted octanol–water partition coefficient (Wildman–Crippen LogP) is 2.62. The minimum absolute atomic E-state index is 0.401. The lowest BCUT2D eigenvalue weighted by molar-refractivity contribution is 0.252. The van der Waals surface area contributed by atoms with Crippen molar-refractivity contribution >= 4 is 5.57 Å². The minimum atomic E-state index is -0.401. The molecule has 1 aromatic heterocycles. The number of pyridine rings is 1. The zero-order valence-corrected chi connectivity index (χ0v) is 9.82. The summed E-state index contributed by atoms with van der Waals surface area (Å²) in [5.41, 5.74) is 2.41. The summed E-state index contributed by atoms with van der Waals surface area (Å²) in [5, 5.41) is 3.46. The van der Waals surface area contributed by atoms with E-state index in [1.54, 1.807) is 6.20 Å². The van der Waals surface area contributed by atoms with Crippen LogP contribution in [0.4, 0.5) is 4.39 Å². The number of aromatic nitrogens is 1. The summed E-state index contributed by atoms with van der Waals surface area (Å²) in [7, 11) is 0. The van der Waals surface area contributed by atoms with Gasteiger partial charge in [0.1, 0.15) is 0 Å². The normalized spacial score (nSPS) is 28.4. The van der Waals surface area contributed by atoms with Crippen LogP contribution in [-0.2, 0) is 0 Å². The Hall–Kier alpha value is -1.22. The molecule has 17 heavy (non-hydrogen) atoms. The van der Waals surface area contributed by atoms with Crippen LogP contribution in [0.1, 0.15) is 24.8 Å². The number of rotatable bonds is 1. The van der Waals surface area contributed by atoms with Crippen LogP contribution >= 0.6 is 0 Å². The fraction of sp³-hybridized carbons (Fsp3) is 0.500. The summed E-state index contributed by atoms with van der Waals surface area (Å²) < 4.78 is 12.8. The maximum absolute atomic E-state index is 12.8. The molecule has 0 amide bonds. The molecule has 3 rings (SSSR count). The SMILES string of the molecule is Fc1ccc(C2=CC[C@H]3CCNC[C@H]3C2)cn1. The molecule has 2 heterocycles. The summed E-state index contributed by atoms with van der Waals surface area (Å²) in [5.74, 6) is 1.18. The van der Waals surface area contributed by atoms with Gasteiger partial charge >= 0.3 is 0 Å². The standard InChI is InChI=1S/C14H17FN2/c15-14-4-3-12(9-17-14)11-2-1-10-5-6-16-8-13(10)7-11/h2-4,9-10,13,16H,1,5-8H2/t10-,13+/m0/s1. The Labute approximate surface area is 101 Å². The molecular weight excluding hydrogens is 215 g/mol. The van der Waals surface area contributed by atoms with Crippen LogP contribution in [0.2, 0.25) is 0 Å². The van der Waals surface area contributed by atoms with Gasteiger partial charge in [0, 0.05) is 6.20 Å². The van der Waals surface area contributed by atoms with Gasteiger partial charge in [-0.3, -0.25) is 0 Å². The summed E-state index contributed by atoms with van der Waals surface area (Å²) in [4.78, 5) is 3.74. The van der Waals surface area contributed by atoms with Gasteiger partial charge < -0.3 is 5.32 Å². The largest absolute Gasteiger partial charge is 0.316 e. The zero-order chi connectivity index (χ0) is 11.7. The fourth-order valence-corrected chi connectivity index (χ4v) is 2.99. The van der Waals surface area contributed by atoms with Crippen LogP contribution in [-0.4, -0.2) is 18.1 Å². The molecule has 1 aliphatic carbocycles. The average Bonchev–Trinajstić information content (AvgIpc) is 2.39. The van der Waals surface area contributed by atoms with Gasteiger partial charge in [0.15, 0.2) is 0 Å². The van der Waals surface area contributed by atoms with E-state index in [1.165, 1.54) is 24.5 Å². The lowest BCUT2D eigenvalue weighted by Crippen LogP contribution is -2.37. The Morgan fingerprint density at radius 1 is 1.29 bits per heavy atom. The third-order valence-corrected chi connectivity index (χ3v) is 4.01. The molecule has 0 bridgehead atoms. The van der Waals surface area contributed by atoms with Gasteiger partial charge in [-0.25, -0.2) is 4.98 Å². The van der Waals surface area contributed by atoms with Crippen LogP contribution in [0.15, 0.2) is 24.4 Å². The van der Waals surface area contributed by atoms with Crippen molar-refractivity contribution in [2.24, 2.45) is 11.8 Å². The first-order valence-electron chi connectivity index (χ1n) is 6.34. The van der Waals surface area contributed by atoms with E-state index in [-0.39, 0.29) is 0 Å². The van der Waals surface area contributed by atoms with Gasteiger partial charge in [-0.1, -0.05) is 6.08 Å². The maximum Gasteiger partial charge on any atom is 0.212 e. The Balaban J connectivity index is 1.80. The highest BCUT2D eigenvalue weighted by atomic mass is 19.1. The van der Waals surface area contributed by atoms with E-state index in [2.05, 4.69) is 16.4 Å². The van der Waals surface area contributed by atoms with Crippen LogP contribution in [0, 0.1) is 17.8 Å². The number of nitrogens with one attached hydrogen (secondary N) is 1. The van der Waals surface area contributed by atoms with Crippen molar-refractivity contribution in [3.8, 4) is 0 Å². The van der Waals surface area contributed by atoms with Gasteiger partial charge in [0.25, 0.3) is 0 Å². The Morgan fingerprint density at radius 3 is 3.06 bits per heavy atom. The molecular formula is C14H17FN2. The molecule has 1 aromatic rings. The number of hydrogen-bond donors (Lipinski definition) is 1. The second kappa shape index (κ2) is 4.57. The molecule has 1 aliphatic heterocycles. The Bertz CT molecular complexity index is 424. The topological polar surface area (TPSA) is 24.9 Å². The first-order chi connectivity index (χ1) is 8.33. The van der Waals surface area contributed by atoms with Crippen molar-refractivity contribution < 1.29 is 4.39 Å². The number of piperidine rings is 1. The van der Waals surface area contributed by atoms with Crippen LogP contribution in [0.3, 0.4) is 0 Å². The van der Waals surface area contributed by atoms with Crippen molar-refractivity contribution in [3.05, 3.63) is 35.9 Å². The van der Waals surface area contributed by atoms with Crippen molar-refractivity contribution in [1.82, 2.24) is 10.3 Å². The second-order valence-electron chi connectivity index (χ2n) is 5.05. The highest BCUT2D eigenvalue weighted by Gasteiger charge is 2.28. The van der Waals surface area contributed by atoms with E-state index in [1.807, 2.05) is 6.07 Å². The monoisotopic (exact) mass is 232 g/mol. The molecule has 1 N–H and O–H groups in total. The molecule has 0 unspecified atom stereocenters. The van der Waals surface area contributed by atoms with E-state index < -0.39 is 5.95 Å². The van der Waals surface area contributed by atoms with Gasteiger partial charge in [0.2, 0.25) is 5.95 Å². The lowest BCUT2D eigenvalue weighted by atomic mass is 9.75. The van der Waals surface area contributed by atoms with Gasteiger partial charge in [-0.05, 0) is 67.5 Å². The molecule has 0 radical (unpaired) electrons. The average molecular weight is 232 g/mol. The van der Waals surface area contributed by atoms with Crippen molar-refractivity contribution in [1.29, 1.82) is 0 Å². The zero-order valence-electron chi connectivity index (χ0n) is 9.82. The molecule has 2 atom stereocenters. The summed E-state index contributed by atoms with van der Waals surface area (Å²) >= 11 is 0. The predicted molar refractivity (Wildman–Crippen MR) is 65.9 cm³/mol. The molecule has 1 saturated heterocycles. The summed E-state index contributed by atoms with van der Waals surface area (Å²) in [6, 6.07) is 3.28. The quantitative estimate of drug-likeness (QED) is 0.753. The maximum atomic E-state index is 12.8. The number of nitrogens with zero attached hydrogens (tertiary/aromatic N) is 1. The molecule has 2 nitrogen and oxygen atoms in total. The Morgan fingerprint density at radius 2 is 2.24 bits per heavy atom. The summed E-state index contributed by atoms with van der Waals surface area (Å²) in [6.07, 6.45) is 7.53. The molecule has 3 heteroatoms. The molecule has 0 aromatic carbocycles.